The third kappa shape index (κ3) is 7.04. The Morgan fingerprint density at radius 1 is 0.762 bits per heavy atom. The molecule has 3 heteroatoms. The van der Waals surface area contributed by atoms with Crippen molar-refractivity contribution in [3.63, 3.8) is 0 Å². The van der Waals surface area contributed by atoms with E-state index in [1.807, 2.05) is 12.1 Å². The SMILES string of the molecule is C1COCCN1.c1ccc(CNCc2ccccc2)cc1. The molecule has 0 bridgehead atoms. The molecule has 0 saturated carbocycles. The van der Waals surface area contributed by atoms with E-state index < -0.39 is 0 Å². The predicted octanol–water partition coefficient (Wildman–Crippen LogP) is 2.58. The average molecular weight is 284 g/mol. The normalized spacial score (nSPS) is 14.1. The van der Waals surface area contributed by atoms with Crippen molar-refractivity contribution < 1.29 is 4.74 Å². The molecule has 2 N–H and O–H groups in total. The molecule has 0 unspecified atom stereocenters. The Morgan fingerprint density at radius 2 is 1.24 bits per heavy atom. The van der Waals surface area contributed by atoms with Crippen molar-refractivity contribution in [2.75, 3.05) is 26.3 Å². The molecule has 0 spiro atoms. The van der Waals surface area contributed by atoms with Crippen LogP contribution >= 0.6 is 0 Å². The van der Waals surface area contributed by atoms with E-state index >= 15 is 0 Å². The molecule has 1 aliphatic heterocycles. The summed E-state index contributed by atoms with van der Waals surface area (Å²) in [6, 6.07) is 20.9. The summed E-state index contributed by atoms with van der Waals surface area (Å²) in [6.07, 6.45) is 0. The molecule has 1 saturated heterocycles. The quantitative estimate of drug-likeness (QED) is 0.905. The van der Waals surface area contributed by atoms with Gasteiger partial charge in [0.05, 0.1) is 13.2 Å². The Bertz CT molecular complexity index is 418. The smallest absolute Gasteiger partial charge is 0.0591 e. The summed E-state index contributed by atoms with van der Waals surface area (Å²) in [7, 11) is 0. The zero-order valence-electron chi connectivity index (χ0n) is 12.4. The Hall–Kier alpha value is -1.68. The molecular formula is C18H24N2O. The topological polar surface area (TPSA) is 33.3 Å². The van der Waals surface area contributed by atoms with Gasteiger partial charge in [-0.25, -0.2) is 0 Å². The van der Waals surface area contributed by atoms with E-state index in [4.69, 9.17) is 4.74 Å². The number of hydrogen-bond acceptors (Lipinski definition) is 3. The average Bonchev–Trinajstić information content (AvgIpc) is 2.59. The number of morpholine rings is 1. The van der Waals surface area contributed by atoms with Crippen molar-refractivity contribution in [3.05, 3.63) is 71.8 Å². The number of nitrogens with one attached hydrogen (secondary N) is 2. The molecule has 3 rings (SSSR count). The van der Waals surface area contributed by atoms with Gasteiger partial charge in [0.25, 0.3) is 0 Å². The van der Waals surface area contributed by atoms with Crippen LogP contribution in [0.1, 0.15) is 11.1 Å². The van der Waals surface area contributed by atoms with Gasteiger partial charge in [0.15, 0.2) is 0 Å². The maximum absolute atomic E-state index is 5.01. The third-order valence-electron chi connectivity index (χ3n) is 3.19. The van der Waals surface area contributed by atoms with Crippen molar-refractivity contribution in [2.45, 2.75) is 13.1 Å². The molecule has 21 heavy (non-hydrogen) atoms. The lowest BCUT2D eigenvalue weighted by Crippen LogP contribution is -2.30. The van der Waals surface area contributed by atoms with E-state index in [0.29, 0.717) is 0 Å². The van der Waals surface area contributed by atoms with Gasteiger partial charge in [0, 0.05) is 26.2 Å². The molecule has 3 nitrogen and oxygen atoms in total. The van der Waals surface area contributed by atoms with Gasteiger partial charge < -0.3 is 15.4 Å². The van der Waals surface area contributed by atoms with Crippen LogP contribution in [0, 0.1) is 0 Å². The minimum atomic E-state index is 0.889. The van der Waals surface area contributed by atoms with E-state index in [2.05, 4.69) is 59.2 Å². The molecule has 1 heterocycles. The number of ether oxygens (including phenoxy) is 1. The Balaban J connectivity index is 0.000000225. The van der Waals surface area contributed by atoms with E-state index in [0.717, 1.165) is 39.4 Å². The van der Waals surface area contributed by atoms with E-state index in [-0.39, 0.29) is 0 Å². The fourth-order valence-corrected chi connectivity index (χ4v) is 2.06. The summed E-state index contributed by atoms with van der Waals surface area (Å²) in [4.78, 5) is 0. The fourth-order valence-electron chi connectivity index (χ4n) is 2.06. The molecule has 1 fully saturated rings. The van der Waals surface area contributed by atoms with E-state index in [9.17, 15) is 0 Å². The molecule has 0 radical (unpaired) electrons. The van der Waals surface area contributed by atoms with Gasteiger partial charge in [-0.2, -0.15) is 0 Å². The third-order valence-corrected chi connectivity index (χ3v) is 3.19. The molecule has 112 valence electrons. The van der Waals surface area contributed by atoms with Crippen LogP contribution in [-0.2, 0) is 17.8 Å². The molecule has 0 aliphatic carbocycles. The van der Waals surface area contributed by atoms with Crippen LogP contribution in [0.3, 0.4) is 0 Å². The first kappa shape index (κ1) is 15.7. The van der Waals surface area contributed by atoms with Gasteiger partial charge in [-0.15, -0.1) is 0 Å². The molecule has 1 aliphatic rings. The zero-order chi connectivity index (χ0) is 14.6. The Kier molecular flexibility index (Phi) is 7.56. The molecular weight excluding hydrogens is 260 g/mol. The summed E-state index contributed by atoms with van der Waals surface area (Å²) in [5.41, 5.74) is 2.65. The Labute approximate surface area is 127 Å². The Morgan fingerprint density at radius 3 is 1.57 bits per heavy atom. The van der Waals surface area contributed by atoms with Crippen molar-refractivity contribution in [3.8, 4) is 0 Å². The van der Waals surface area contributed by atoms with Gasteiger partial charge >= 0.3 is 0 Å². The number of rotatable bonds is 4. The second-order valence-electron chi connectivity index (χ2n) is 4.94. The van der Waals surface area contributed by atoms with Crippen LogP contribution in [0.15, 0.2) is 60.7 Å². The molecule has 0 aromatic heterocycles. The second kappa shape index (κ2) is 10.1. The molecule has 0 amide bonds. The van der Waals surface area contributed by atoms with Crippen molar-refractivity contribution >= 4 is 0 Å². The largest absolute Gasteiger partial charge is 0.379 e. The highest BCUT2D eigenvalue weighted by Crippen LogP contribution is 2.00. The van der Waals surface area contributed by atoms with Crippen LogP contribution in [-0.4, -0.2) is 26.3 Å². The van der Waals surface area contributed by atoms with Crippen LogP contribution in [0.2, 0.25) is 0 Å². The zero-order valence-corrected chi connectivity index (χ0v) is 12.4. The lowest BCUT2D eigenvalue weighted by Gasteiger charge is -2.10. The van der Waals surface area contributed by atoms with Crippen molar-refractivity contribution in [1.29, 1.82) is 0 Å². The highest BCUT2D eigenvalue weighted by atomic mass is 16.5. The summed E-state index contributed by atoms with van der Waals surface area (Å²) < 4.78 is 5.01. The monoisotopic (exact) mass is 284 g/mol. The first-order valence-electron chi connectivity index (χ1n) is 7.52. The van der Waals surface area contributed by atoms with E-state index in [1.54, 1.807) is 0 Å². The number of benzene rings is 2. The summed E-state index contributed by atoms with van der Waals surface area (Å²) >= 11 is 0. The minimum absolute atomic E-state index is 0.889. The number of hydrogen-bond donors (Lipinski definition) is 2. The summed E-state index contributed by atoms with van der Waals surface area (Å²) in [5, 5.41) is 6.58. The second-order valence-corrected chi connectivity index (χ2v) is 4.94. The standard InChI is InChI=1S/C14H15N.C4H9NO/c1-3-7-13(8-4-1)11-15-12-14-9-5-2-6-10-14;1-3-6-4-2-5-1/h1-10,15H,11-12H2;5H,1-4H2. The lowest BCUT2D eigenvalue weighted by molar-refractivity contribution is 0.109. The van der Waals surface area contributed by atoms with Crippen molar-refractivity contribution in [2.24, 2.45) is 0 Å². The minimum Gasteiger partial charge on any atom is -0.379 e. The first-order valence-corrected chi connectivity index (χ1v) is 7.52. The first-order chi connectivity index (χ1) is 10.4. The van der Waals surface area contributed by atoms with Gasteiger partial charge in [-0.1, -0.05) is 60.7 Å². The maximum atomic E-state index is 5.01. The highest BCUT2D eigenvalue weighted by molar-refractivity contribution is 5.16. The van der Waals surface area contributed by atoms with Crippen LogP contribution in [0.4, 0.5) is 0 Å². The maximum Gasteiger partial charge on any atom is 0.0591 e. The molecule has 0 atom stereocenters. The van der Waals surface area contributed by atoms with Gasteiger partial charge in [0.1, 0.15) is 0 Å². The predicted molar refractivity (Wildman–Crippen MR) is 87.1 cm³/mol. The van der Waals surface area contributed by atoms with Crippen LogP contribution in [0.25, 0.3) is 0 Å². The van der Waals surface area contributed by atoms with E-state index in [1.165, 1.54) is 11.1 Å². The van der Waals surface area contributed by atoms with Gasteiger partial charge in [-0.05, 0) is 11.1 Å². The summed E-state index contributed by atoms with van der Waals surface area (Å²) in [5.74, 6) is 0. The van der Waals surface area contributed by atoms with Crippen LogP contribution in [0.5, 0.6) is 0 Å². The van der Waals surface area contributed by atoms with Gasteiger partial charge in [-0.3, -0.25) is 0 Å². The lowest BCUT2D eigenvalue weighted by atomic mass is 10.2. The molecule has 2 aromatic rings. The van der Waals surface area contributed by atoms with Crippen LogP contribution < -0.4 is 10.6 Å². The highest BCUT2D eigenvalue weighted by Gasteiger charge is 1.93. The van der Waals surface area contributed by atoms with Crippen molar-refractivity contribution in [1.82, 2.24) is 10.6 Å². The fraction of sp³-hybridized carbons (Fsp3) is 0.333. The molecule has 2 aromatic carbocycles. The van der Waals surface area contributed by atoms with Gasteiger partial charge in [0.2, 0.25) is 0 Å². The summed E-state index contributed by atoms with van der Waals surface area (Å²) in [6.45, 7) is 5.69.